The van der Waals surface area contributed by atoms with Gasteiger partial charge in [0.2, 0.25) is 5.91 Å². The van der Waals surface area contributed by atoms with Crippen LogP contribution >= 0.6 is 0 Å². The van der Waals surface area contributed by atoms with Gasteiger partial charge in [-0.1, -0.05) is 0 Å². The standard InChI is InChI=1S/C22H32N4O/c27-20(21(2-3-21)16-26-5-1-4-23-26)24-6-8-25(9-7-24)22-13-17-10-18(14-22)12-19(11-17)15-22/h1,4-5,17-19H,2-3,6-16H2. The number of aromatic nitrogens is 2. The van der Waals surface area contributed by atoms with E-state index in [-0.39, 0.29) is 5.41 Å². The number of hydrogen-bond acceptors (Lipinski definition) is 3. The van der Waals surface area contributed by atoms with Crippen molar-refractivity contribution in [2.75, 3.05) is 26.2 Å². The second-order valence-corrected chi connectivity index (χ2v) is 10.4. The lowest BCUT2D eigenvalue weighted by Crippen LogP contribution is -2.64. The number of carbonyl (C=O) groups is 1. The van der Waals surface area contributed by atoms with Gasteiger partial charge in [0.1, 0.15) is 0 Å². The van der Waals surface area contributed by atoms with Crippen LogP contribution in [0.25, 0.3) is 0 Å². The largest absolute Gasteiger partial charge is 0.340 e. The predicted octanol–water partition coefficient (Wildman–Crippen LogP) is 2.78. The summed E-state index contributed by atoms with van der Waals surface area (Å²) in [5.74, 6) is 3.39. The molecule has 0 spiro atoms. The normalized spacial score (nSPS) is 39.7. The lowest BCUT2D eigenvalue weighted by molar-refractivity contribution is -0.144. The Morgan fingerprint density at radius 3 is 2.11 bits per heavy atom. The van der Waals surface area contributed by atoms with Crippen LogP contribution in [0.5, 0.6) is 0 Å². The van der Waals surface area contributed by atoms with Gasteiger partial charge in [-0.05, 0) is 75.2 Å². The highest BCUT2D eigenvalue weighted by Gasteiger charge is 2.55. The third kappa shape index (κ3) is 2.68. The van der Waals surface area contributed by atoms with Crippen molar-refractivity contribution in [1.82, 2.24) is 19.6 Å². The Labute approximate surface area is 162 Å². The lowest BCUT2D eigenvalue weighted by atomic mass is 9.52. The Morgan fingerprint density at radius 2 is 1.59 bits per heavy atom. The predicted molar refractivity (Wildman–Crippen MR) is 103 cm³/mol. The van der Waals surface area contributed by atoms with Gasteiger partial charge >= 0.3 is 0 Å². The van der Waals surface area contributed by atoms with E-state index in [4.69, 9.17) is 0 Å². The highest BCUT2D eigenvalue weighted by Crippen LogP contribution is 2.58. The molecule has 1 saturated heterocycles. The summed E-state index contributed by atoms with van der Waals surface area (Å²) < 4.78 is 1.94. The van der Waals surface area contributed by atoms with Gasteiger partial charge in [0, 0.05) is 44.1 Å². The maximum atomic E-state index is 13.2. The van der Waals surface area contributed by atoms with Crippen molar-refractivity contribution in [1.29, 1.82) is 0 Å². The molecule has 1 aromatic heterocycles. The number of piperazine rings is 1. The summed E-state index contributed by atoms with van der Waals surface area (Å²) in [5, 5.41) is 4.32. The number of rotatable bonds is 4. The van der Waals surface area contributed by atoms with E-state index in [9.17, 15) is 4.79 Å². The average Bonchev–Trinajstić information content (AvgIpc) is 3.26. The summed E-state index contributed by atoms with van der Waals surface area (Å²) in [4.78, 5) is 18.2. The molecule has 7 rings (SSSR count). The molecule has 6 aliphatic rings. The van der Waals surface area contributed by atoms with Gasteiger partial charge in [0.05, 0.1) is 12.0 Å². The van der Waals surface area contributed by atoms with E-state index in [1.807, 2.05) is 23.1 Å². The molecule has 27 heavy (non-hydrogen) atoms. The van der Waals surface area contributed by atoms with Gasteiger partial charge < -0.3 is 4.90 Å². The van der Waals surface area contributed by atoms with Crippen molar-refractivity contribution in [2.24, 2.45) is 23.2 Å². The molecule has 1 aromatic rings. The first kappa shape index (κ1) is 16.6. The maximum absolute atomic E-state index is 13.2. The van der Waals surface area contributed by atoms with E-state index in [0.29, 0.717) is 11.4 Å². The Hall–Kier alpha value is -1.36. The van der Waals surface area contributed by atoms with Crippen molar-refractivity contribution < 1.29 is 4.79 Å². The van der Waals surface area contributed by atoms with Crippen molar-refractivity contribution >= 4 is 5.91 Å². The molecule has 6 fully saturated rings. The Bertz CT molecular complexity index is 679. The fraction of sp³-hybridized carbons (Fsp3) is 0.818. The van der Waals surface area contributed by atoms with E-state index in [0.717, 1.165) is 63.3 Å². The quantitative estimate of drug-likeness (QED) is 0.821. The first-order valence-electron chi connectivity index (χ1n) is 11.2. The molecule has 1 amide bonds. The maximum Gasteiger partial charge on any atom is 0.230 e. The summed E-state index contributed by atoms with van der Waals surface area (Å²) >= 11 is 0. The lowest BCUT2D eigenvalue weighted by Gasteiger charge is -2.61. The highest BCUT2D eigenvalue weighted by molar-refractivity contribution is 5.85. The van der Waals surface area contributed by atoms with Crippen LogP contribution < -0.4 is 0 Å². The van der Waals surface area contributed by atoms with E-state index in [2.05, 4.69) is 14.9 Å². The Morgan fingerprint density at radius 1 is 0.963 bits per heavy atom. The fourth-order valence-corrected chi connectivity index (χ4v) is 7.47. The van der Waals surface area contributed by atoms with Crippen LogP contribution in [-0.2, 0) is 11.3 Å². The van der Waals surface area contributed by atoms with Crippen LogP contribution in [-0.4, -0.2) is 57.2 Å². The summed E-state index contributed by atoms with van der Waals surface area (Å²) in [7, 11) is 0. The zero-order chi connectivity index (χ0) is 18.1. The summed E-state index contributed by atoms with van der Waals surface area (Å²) in [5.41, 5.74) is 0.338. The van der Waals surface area contributed by atoms with Crippen LogP contribution in [0.15, 0.2) is 18.5 Å². The number of hydrogen-bond donors (Lipinski definition) is 0. The molecule has 0 unspecified atom stereocenters. The highest BCUT2D eigenvalue weighted by atomic mass is 16.2. The molecular formula is C22H32N4O. The molecule has 0 atom stereocenters. The molecule has 2 heterocycles. The molecule has 5 heteroatoms. The summed E-state index contributed by atoms with van der Waals surface area (Å²) in [6.07, 6.45) is 14.7. The number of carbonyl (C=O) groups excluding carboxylic acids is 1. The van der Waals surface area contributed by atoms with Gasteiger partial charge in [-0.15, -0.1) is 0 Å². The van der Waals surface area contributed by atoms with Crippen LogP contribution in [0.1, 0.15) is 51.4 Å². The molecule has 5 aliphatic carbocycles. The first-order chi connectivity index (χ1) is 13.1. The average molecular weight is 369 g/mol. The molecule has 1 aliphatic heterocycles. The monoisotopic (exact) mass is 368 g/mol. The Kier molecular flexibility index (Phi) is 3.57. The number of amides is 1. The van der Waals surface area contributed by atoms with Crippen molar-refractivity contribution in [3.8, 4) is 0 Å². The van der Waals surface area contributed by atoms with Gasteiger partial charge in [-0.3, -0.25) is 14.4 Å². The van der Waals surface area contributed by atoms with Crippen molar-refractivity contribution in [3.05, 3.63) is 18.5 Å². The van der Waals surface area contributed by atoms with Crippen molar-refractivity contribution in [2.45, 2.75) is 63.5 Å². The molecule has 0 radical (unpaired) electrons. The minimum Gasteiger partial charge on any atom is -0.340 e. The molecule has 0 aromatic carbocycles. The van der Waals surface area contributed by atoms with Crippen LogP contribution in [0, 0.1) is 23.2 Å². The van der Waals surface area contributed by atoms with E-state index >= 15 is 0 Å². The van der Waals surface area contributed by atoms with Gasteiger partial charge in [0.25, 0.3) is 0 Å². The van der Waals surface area contributed by atoms with Gasteiger partial charge in [-0.25, -0.2) is 0 Å². The molecule has 5 nitrogen and oxygen atoms in total. The second kappa shape index (κ2) is 5.82. The number of nitrogens with zero attached hydrogens (tertiary/aromatic N) is 4. The van der Waals surface area contributed by atoms with Crippen LogP contribution in [0.3, 0.4) is 0 Å². The van der Waals surface area contributed by atoms with E-state index < -0.39 is 0 Å². The first-order valence-corrected chi connectivity index (χ1v) is 11.2. The Balaban J connectivity index is 1.11. The fourth-order valence-electron chi connectivity index (χ4n) is 7.47. The molecule has 0 N–H and O–H groups in total. The molecule has 146 valence electrons. The summed E-state index contributed by atoms with van der Waals surface area (Å²) in [6, 6.07) is 1.95. The minimum atomic E-state index is -0.158. The third-order valence-electron chi connectivity index (χ3n) is 8.57. The van der Waals surface area contributed by atoms with E-state index in [1.54, 1.807) is 0 Å². The van der Waals surface area contributed by atoms with Gasteiger partial charge in [-0.2, -0.15) is 5.10 Å². The molecule has 4 bridgehead atoms. The second-order valence-electron chi connectivity index (χ2n) is 10.4. The van der Waals surface area contributed by atoms with Crippen molar-refractivity contribution in [3.63, 3.8) is 0 Å². The summed E-state index contributed by atoms with van der Waals surface area (Å²) in [6.45, 7) is 4.81. The SMILES string of the molecule is O=C(N1CCN(C23CC4CC(CC(C4)C2)C3)CC1)C1(Cn2cccn2)CC1. The van der Waals surface area contributed by atoms with Gasteiger partial charge in [0.15, 0.2) is 0 Å². The zero-order valence-corrected chi connectivity index (χ0v) is 16.4. The van der Waals surface area contributed by atoms with E-state index in [1.165, 1.54) is 38.5 Å². The molecule has 5 saturated carbocycles. The smallest absolute Gasteiger partial charge is 0.230 e. The van der Waals surface area contributed by atoms with Crippen LogP contribution in [0.2, 0.25) is 0 Å². The molecular weight excluding hydrogens is 336 g/mol. The third-order valence-corrected chi connectivity index (χ3v) is 8.57. The topological polar surface area (TPSA) is 41.4 Å². The van der Waals surface area contributed by atoms with Crippen LogP contribution in [0.4, 0.5) is 0 Å². The zero-order valence-electron chi connectivity index (χ0n) is 16.4. The minimum absolute atomic E-state index is 0.158.